The van der Waals surface area contributed by atoms with Gasteiger partial charge in [-0.15, -0.1) is 5.10 Å². The second-order valence-electron chi connectivity index (χ2n) is 6.36. The molecule has 1 aliphatic carbocycles. The van der Waals surface area contributed by atoms with Crippen LogP contribution < -0.4 is 5.73 Å². The Hall–Kier alpha value is -1.84. The molecule has 0 bridgehead atoms. The zero-order chi connectivity index (χ0) is 13.6. The van der Waals surface area contributed by atoms with Crippen molar-refractivity contribution in [2.75, 3.05) is 5.73 Å². The van der Waals surface area contributed by atoms with Crippen LogP contribution in [0.3, 0.4) is 0 Å². The summed E-state index contributed by atoms with van der Waals surface area (Å²) in [6.07, 6.45) is 1.12. The van der Waals surface area contributed by atoms with Gasteiger partial charge in [-0.25, -0.2) is 4.68 Å². The predicted octanol–water partition coefficient (Wildman–Crippen LogP) is 2.50. The van der Waals surface area contributed by atoms with E-state index in [1.807, 2.05) is 4.68 Å². The molecule has 0 aliphatic heterocycles. The molecule has 0 fully saturated rings. The molecule has 0 saturated heterocycles. The molecular formula is C15H20N4. The van der Waals surface area contributed by atoms with Gasteiger partial charge in [0, 0.05) is 11.3 Å². The second-order valence-corrected chi connectivity index (χ2v) is 6.36. The van der Waals surface area contributed by atoms with Crippen molar-refractivity contribution in [1.29, 1.82) is 0 Å². The van der Waals surface area contributed by atoms with Crippen LogP contribution in [0.2, 0.25) is 0 Å². The van der Waals surface area contributed by atoms with Gasteiger partial charge in [-0.2, -0.15) is 0 Å². The Labute approximate surface area is 113 Å². The summed E-state index contributed by atoms with van der Waals surface area (Å²) < 4.78 is 1.98. The van der Waals surface area contributed by atoms with Gasteiger partial charge in [0.2, 0.25) is 0 Å². The fraction of sp³-hybridized carbons (Fsp3) is 0.467. The Kier molecular flexibility index (Phi) is 2.62. The van der Waals surface area contributed by atoms with E-state index in [0.717, 1.165) is 18.7 Å². The van der Waals surface area contributed by atoms with Crippen LogP contribution in [0.5, 0.6) is 0 Å². The van der Waals surface area contributed by atoms with Crippen molar-refractivity contribution in [1.82, 2.24) is 15.0 Å². The maximum absolute atomic E-state index is 5.96. The number of hydrogen-bond acceptors (Lipinski definition) is 3. The number of benzene rings is 1. The van der Waals surface area contributed by atoms with Crippen molar-refractivity contribution in [2.24, 2.45) is 0 Å². The lowest BCUT2D eigenvalue weighted by molar-refractivity contribution is 0.421. The Morgan fingerprint density at radius 1 is 1.32 bits per heavy atom. The lowest BCUT2D eigenvalue weighted by atomic mass is 9.77. The fourth-order valence-electron chi connectivity index (χ4n) is 2.96. The summed E-state index contributed by atoms with van der Waals surface area (Å²) in [4.78, 5) is 0. The molecule has 1 aliphatic rings. The monoisotopic (exact) mass is 256 g/mol. The maximum Gasteiger partial charge on any atom is 0.169 e. The van der Waals surface area contributed by atoms with Crippen LogP contribution in [0.25, 0.3) is 0 Å². The van der Waals surface area contributed by atoms with Gasteiger partial charge in [0.1, 0.15) is 0 Å². The maximum atomic E-state index is 5.96. The first kappa shape index (κ1) is 12.2. The molecule has 19 heavy (non-hydrogen) atoms. The fourth-order valence-corrected chi connectivity index (χ4v) is 2.96. The normalized spacial score (nSPS) is 17.9. The summed E-state index contributed by atoms with van der Waals surface area (Å²) in [5.41, 5.74) is 9.87. The van der Waals surface area contributed by atoms with Crippen molar-refractivity contribution in [3.8, 4) is 0 Å². The van der Waals surface area contributed by atoms with E-state index in [4.69, 9.17) is 5.73 Å². The van der Waals surface area contributed by atoms with Crippen molar-refractivity contribution < 1.29 is 0 Å². The van der Waals surface area contributed by atoms with E-state index in [2.05, 4.69) is 55.3 Å². The van der Waals surface area contributed by atoms with Crippen LogP contribution in [0.1, 0.15) is 43.5 Å². The van der Waals surface area contributed by atoms with Crippen molar-refractivity contribution in [2.45, 2.75) is 45.1 Å². The number of nitrogens with two attached hydrogens (primary N) is 1. The molecule has 4 nitrogen and oxygen atoms in total. The zero-order valence-electron chi connectivity index (χ0n) is 11.7. The predicted molar refractivity (Wildman–Crippen MR) is 76.0 cm³/mol. The molecule has 0 radical (unpaired) electrons. The summed E-state index contributed by atoms with van der Waals surface area (Å²) >= 11 is 0. The van der Waals surface area contributed by atoms with Crippen LogP contribution in [-0.4, -0.2) is 15.0 Å². The molecule has 0 spiro atoms. The lowest BCUT2D eigenvalue weighted by Crippen LogP contribution is -2.26. The Bertz CT molecular complexity index is 607. The standard InChI is InChI=1S/C15H20N4/c1-15(2,3)13-14(16)17-18-19(13)9-11-8-10-6-4-5-7-12(10)11/h4-7,11H,8-9,16H2,1-3H3. The highest BCUT2D eigenvalue weighted by Gasteiger charge is 2.30. The van der Waals surface area contributed by atoms with E-state index < -0.39 is 0 Å². The van der Waals surface area contributed by atoms with E-state index in [0.29, 0.717) is 11.7 Å². The van der Waals surface area contributed by atoms with Crippen molar-refractivity contribution in [3.63, 3.8) is 0 Å². The minimum Gasteiger partial charge on any atom is -0.381 e. The first-order chi connectivity index (χ1) is 8.97. The molecule has 0 saturated carbocycles. The highest BCUT2D eigenvalue weighted by molar-refractivity contribution is 5.41. The number of aromatic nitrogens is 3. The van der Waals surface area contributed by atoms with Gasteiger partial charge in [-0.1, -0.05) is 50.3 Å². The van der Waals surface area contributed by atoms with Gasteiger partial charge in [0.25, 0.3) is 0 Å². The minimum absolute atomic E-state index is 0.0309. The molecule has 1 aromatic carbocycles. The highest BCUT2D eigenvalue weighted by atomic mass is 15.4. The van der Waals surface area contributed by atoms with E-state index in [9.17, 15) is 0 Å². The quantitative estimate of drug-likeness (QED) is 0.898. The van der Waals surface area contributed by atoms with Gasteiger partial charge in [-0.05, 0) is 17.5 Å². The topological polar surface area (TPSA) is 56.7 Å². The minimum atomic E-state index is -0.0309. The number of nitrogens with zero attached hydrogens (tertiary/aromatic N) is 3. The number of fused-ring (bicyclic) bond motifs is 1. The lowest BCUT2D eigenvalue weighted by Gasteiger charge is -2.31. The first-order valence-electron chi connectivity index (χ1n) is 6.74. The average Bonchev–Trinajstić information content (AvgIpc) is 2.67. The van der Waals surface area contributed by atoms with Gasteiger partial charge < -0.3 is 5.73 Å². The number of hydrogen-bond donors (Lipinski definition) is 1. The van der Waals surface area contributed by atoms with E-state index in [1.165, 1.54) is 11.1 Å². The molecule has 0 amide bonds. The molecule has 1 heterocycles. The molecule has 2 N–H and O–H groups in total. The average molecular weight is 256 g/mol. The molecule has 3 rings (SSSR count). The van der Waals surface area contributed by atoms with Crippen LogP contribution in [0.4, 0.5) is 5.82 Å². The summed E-state index contributed by atoms with van der Waals surface area (Å²) in [5.74, 6) is 1.10. The molecule has 100 valence electrons. The largest absolute Gasteiger partial charge is 0.381 e. The van der Waals surface area contributed by atoms with Gasteiger partial charge in [0.15, 0.2) is 5.82 Å². The van der Waals surface area contributed by atoms with Crippen molar-refractivity contribution >= 4 is 5.82 Å². The van der Waals surface area contributed by atoms with Crippen molar-refractivity contribution in [3.05, 3.63) is 41.1 Å². The van der Waals surface area contributed by atoms with Gasteiger partial charge in [0.05, 0.1) is 12.2 Å². The molecule has 2 aromatic rings. The SMILES string of the molecule is CC(C)(C)c1c(N)nnn1CC1Cc2ccccc21. The smallest absolute Gasteiger partial charge is 0.169 e. The third kappa shape index (κ3) is 2.01. The van der Waals surface area contributed by atoms with Gasteiger partial charge >= 0.3 is 0 Å². The summed E-state index contributed by atoms with van der Waals surface area (Å²) in [5, 5.41) is 8.26. The number of anilines is 1. The first-order valence-corrected chi connectivity index (χ1v) is 6.74. The number of rotatable bonds is 2. The molecule has 1 unspecified atom stereocenters. The molecule has 1 atom stereocenters. The van der Waals surface area contributed by atoms with Crippen LogP contribution in [0.15, 0.2) is 24.3 Å². The molecular weight excluding hydrogens is 236 g/mol. The van der Waals surface area contributed by atoms with Crippen LogP contribution >= 0.6 is 0 Å². The Morgan fingerprint density at radius 3 is 2.74 bits per heavy atom. The van der Waals surface area contributed by atoms with E-state index in [1.54, 1.807) is 0 Å². The third-order valence-corrected chi connectivity index (χ3v) is 3.83. The zero-order valence-corrected chi connectivity index (χ0v) is 11.7. The third-order valence-electron chi connectivity index (χ3n) is 3.83. The van der Waals surface area contributed by atoms with Crippen LogP contribution in [-0.2, 0) is 18.4 Å². The summed E-state index contributed by atoms with van der Waals surface area (Å²) in [7, 11) is 0. The summed E-state index contributed by atoms with van der Waals surface area (Å²) in [6, 6.07) is 8.61. The van der Waals surface area contributed by atoms with E-state index in [-0.39, 0.29) is 5.41 Å². The highest BCUT2D eigenvalue weighted by Crippen LogP contribution is 2.37. The second kappa shape index (κ2) is 4.08. The molecule has 4 heteroatoms. The Balaban J connectivity index is 1.87. The number of nitrogen functional groups attached to an aromatic ring is 1. The van der Waals surface area contributed by atoms with Crippen LogP contribution in [0, 0.1) is 0 Å². The Morgan fingerprint density at radius 2 is 2.05 bits per heavy atom. The van der Waals surface area contributed by atoms with Gasteiger partial charge in [-0.3, -0.25) is 0 Å². The molecule has 1 aromatic heterocycles. The van der Waals surface area contributed by atoms with E-state index >= 15 is 0 Å². The summed E-state index contributed by atoms with van der Waals surface area (Å²) in [6.45, 7) is 7.31.